The summed E-state index contributed by atoms with van der Waals surface area (Å²) in [5, 5.41) is 0. The molecule has 0 aromatic carbocycles. The van der Waals surface area contributed by atoms with Gasteiger partial charge in [0.05, 0.1) is 11.3 Å². The van der Waals surface area contributed by atoms with E-state index in [4.69, 9.17) is 4.74 Å². The molecule has 1 unspecified atom stereocenters. The third kappa shape index (κ3) is 3.28. The third-order valence-corrected chi connectivity index (χ3v) is 2.60. The highest BCUT2D eigenvalue weighted by molar-refractivity contribution is 5.89. The molecule has 0 amide bonds. The molecule has 0 spiro atoms. The van der Waals surface area contributed by atoms with Gasteiger partial charge < -0.3 is 9.72 Å². The number of H-pyrrole nitrogens is 1. The van der Waals surface area contributed by atoms with E-state index in [0.29, 0.717) is 11.4 Å². The first-order valence-corrected chi connectivity index (χ1v) is 5.89. The molecule has 1 atom stereocenters. The molecule has 0 fully saturated rings. The zero-order valence-electron chi connectivity index (χ0n) is 10.7. The number of ether oxygens (including phenoxy) is 1. The average Bonchev–Trinajstić information content (AvgIpc) is 2.38. The van der Waals surface area contributed by atoms with Gasteiger partial charge in [0.1, 0.15) is 6.10 Å². The van der Waals surface area contributed by atoms with E-state index in [0.717, 1.165) is 0 Å². The van der Waals surface area contributed by atoms with Gasteiger partial charge >= 0.3 is 5.97 Å². The number of rotatable bonds is 3. The number of carbonyl (C=O) groups excluding carboxylic acids is 1. The lowest BCUT2D eigenvalue weighted by atomic mass is 10.2. The van der Waals surface area contributed by atoms with Crippen molar-refractivity contribution in [3.05, 3.63) is 63.8 Å². The van der Waals surface area contributed by atoms with Crippen LogP contribution in [-0.4, -0.2) is 15.9 Å². The number of hydrogen-bond donors (Lipinski definition) is 1. The fourth-order valence-electron chi connectivity index (χ4n) is 1.71. The van der Waals surface area contributed by atoms with Crippen LogP contribution in [0.4, 0.5) is 0 Å². The second-order valence-corrected chi connectivity index (χ2v) is 4.22. The third-order valence-electron chi connectivity index (χ3n) is 2.60. The fraction of sp³-hybridized carbons (Fsp3) is 0.214. The maximum atomic E-state index is 11.9. The van der Waals surface area contributed by atoms with E-state index >= 15 is 0 Å². The molecule has 0 saturated carbocycles. The van der Waals surface area contributed by atoms with Crippen LogP contribution < -0.4 is 5.56 Å². The van der Waals surface area contributed by atoms with Crippen LogP contribution in [0.1, 0.15) is 34.8 Å². The highest BCUT2D eigenvalue weighted by atomic mass is 16.5. The molecule has 0 radical (unpaired) electrons. The molecule has 5 nitrogen and oxygen atoms in total. The Kier molecular flexibility index (Phi) is 3.75. The monoisotopic (exact) mass is 258 g/mol. The van der Waals surface area contributed by atoms with Crippen LogP contribution in [0.2, 0.25) is 0 Å². The molecule has 0 aliphatic heterocycles. The van der Waals surface area contributed by atoms with Crippen LogP contribution in [0, 0.1) is 6.92 Å². The fourth-order valence-corrected chi connectivity index (χ4v) is 1.71. The maximum Gasteiger partial charge on any atom is 0.339 e. The number of aryl methyl sites for hydroxylation is 1. The molecule has 0 aliphatic carbocycles. The summed E-state index contributed by atoms with van der Waals surface area (Å²) in [4.78, 5) is 29.9. The van der Waals surface area contributed by atoms with E-state index in [-0.39, 0.29) is 11.1 Å². The van der Waals surface area contributed by atoms with Crippen molar-refractivity contribution in [3.63, 3.8) is 0 Å². The van der Waals surface area contributed by atoms with Gasteiger partial charge in [0.15, 0.2) is 0 Å². The largest absolute Gasteiger partial charge is 0.453 e. The van der Waals surface area contributed by atoms with Gasteiger partial charge in [0, 0.05) is 18.0 Å². The van der Waals surface area contributed by atoms with Crippen LogP contribution in [0.25, 0.3) is 0 Å². The Morgan fingerprint density at radius 2 is 2.16 bits per heavy atom. The van der Waals surface area contributed by atoms with Gasteiger partial charge in [-0.3, -0.25) is 9.78 Å². The molecule has 2 aromatic rings. The number of pyridine rings is 2. The highest BCUT2D eigenvalue weighted by Gasteiger charge is 2.15. The molecule has 0 saturated heterocycles. The predicted molar refractivity (Wildman–Crippen MR) is 69.9 cm³/mol. The van der Waals surface area contributed by atoms with Crippen LogP contribution >= 0.6 is 0 Å². The minimum Gasteiger partial charge on any atom is -0.453 e. The van der Waals surface area contributed by atoms with Gasteiger partial charge in [-0.25, -0.2) is 4.79 Å². The van der Waals surface area contributed by atoms with Crippen LogP contribution in [0.5, 0.6) is 0 Å². The average molecular weight is 258 g/mol. The zero-order valence-corrected chi connectivity index (χ0v) is 10.7. The minimum atomic E-state index is -0.535. The first-order valence-electron chi connectivity index (χ1n) is 5.89. The summed E-state index contributed by atoms with van der Waals surface area (Å²) in [6, 6.07) is 8.19. The van der Waals surface area contributed by atoms with E-state index in [2.05, 4.69) is 9.97 Å². The van der Waals surface area contributed by atoms with Gasteiger partial charge in [-0.1, -0.05) is 6.07 Å². The van der Waals surface area contributed by atoms with E-state index in [1.165, 1.54) is 6.07 Å². The molecule has 2 aromatic heterocycles. The Morgan fingerprint density at radius 3 is 2.79 bits per heavy atom. The predicted octanol–water partition coefficient (Wildman–Crippen LogP) is 2.00. The van der Waals surface area contributed by atoms with Gasteiger partial charge in [0.2, 0.25) is 5.56 Å². The molecule has 2 heterocycles. The SMILES string of the molecule is Cc1cc(C(=O)OC(C)c2ccccn2)cc(=O)[nH]1. The lowest BCUT2D eigenvalue weighted by molar-refractivity contribution is 0.0329. The Labute approximate surface area is 110 Å². The summed E-state index contributed by atoms with van der Waals surface area (Å²) in [5.74, 6) is -0.535. The molecular formula is C14H14N2O3. The lowest BCUT2D eigenvalue weighted by Gasteiger charge is -2.12. The normalized spacial score (nSPS) is 11.9. The molecule has 0 bridgehead atoms. The summed E-state index contributed by atoms with van der Waals surface area (Å²) in [5.41, 5.74) is 1.20. The Hall–Kier alpha value is -2.43. The Morgan fingerprint density at radius 1 is 1.37 bits per heavy atom. The molecule has 5 heteroatoms. The van der Waals surface area contributed by atoms with Crippen molar-refractivity contribution in [2.75, 3.05) is 0 Å². The number of aromatic nitrogens is 2. The summed E-state index contributed by atoms with van der Waals surface area (Å²) in [7, 11) is 0. The van der Waals surface area contributed by atoms with E-state index < -0.39 is 12.1 Å². The quantitative estimate of drug-likeness (QED) is 0.855. The first-order chi connectivity index (χ1) is 9.06. The van der Waals surface area contributed by atoms with Crippen molar-refractivity contribution in [1.29, 1.82) is 0 Å². The number of aromatic amines is 1. The molecular weight excluding hydrogens is 244 g/mol. The Balaban J connectivity index is 2.15. The smallest absolute Gasteiger partial charge is 0.339 e. The number of esters is 1. The maximum absolute atomic E-state index is 11.9. The standard InChI is InChI=1S/C14H14N2O3/c1-9-7-11(8-13(17)16-9)14(18)19-10(2)12-5-3-4-6-15-12/h3-8,10H,1-2H3,(H,16,17). The summed E-state index contributed by atoms with van der Waals surface area (Å²) in [6.45, 7) is 3.45. The second kappa shape index (κ2) is 5.48. The Bertz CT molecular complexity index is 635. The van der Waals surface area contributed by atoms with Gasteiger partial charge in [0.25, 0.3) is 0 Å². The zero-order chi connectivity index (χ0) is 13.8. The van der Waals surface area contributed by atoms with Crippen molar-refractivity contribution in [3.8, 4) is 0 Å². The van der Waals surface area contributed by atoms with Crippen molar-refractivity contribution >= 4 is 5.97 Å². The number of hydrogen-bond acceptors (Lipinski definition) is 4. The molecule has 19 heavy (non-hydrogen) atoms. The molecule has 0 aliphatic rings. The highest BCUT2D eigenvalue weighted by Crippen LogP contribution is 2.15. The van der Waals surface area contributed by atoms with Gasteiger partial charge in [-0.2, -0.15) is 0 Å². The topological polar surface area (TPSA) is 72.0 Å². The lowest BCUT2D eigenvalue weighted by Crippen LogP contribution is -2.15. The summed E-state index contributed by atoms with van der Waals surface area (Å²) in [6.07, 6.45) is 1.17. The van der Waals surface area contributed by atoms with Crippen molar-refractivity contribution < 1.29 is 9.53 Å². The minimum absolute atomic E-state index is 0.240. The molecule has 98 valence electrons. The van der Waals surface area contributed by atoms with Crippen molar-refractivity contribution in [2.45, 2.75) is 20.0 Å². The molecule has 2 rings (SSSR count). The van der Waals surface area contributed by atoms with E-state index in [1.54, 1.807) is 38.2 Å². The molecule has 1 N–H and O–H groups in total. The van der Waals surface area contributed by atoms with Crippen LogP contribution in [-0.2, 0) is 4.74 Å². The number of carbonyl (C=O) groups is 1. The number of nitrogens with one attached hydrogen (secondary N) is 1. The van der Waals surface area contributed by atoms with E-state index in [1.807, 2.05) is 6.07 Å². The summed E-state index contributed by atoms with van der Waals surface area (Å²) < 4.78 is 5.28. The van der Waals surface area contributed by atoms with Crippen LogP contribution in [0.15, 0.2) is 41.3 Å². The summed E-state index contributed by atoms with van der Waals surface area (Å²) >= 11 is 0. The van der Waals surface area contributed by atoms with Crippen LogP contribution in [0.3, 0.4) is 0 Å². The second-order valence-electron chi connectivity index (χ2n) is 4.22. The van der Waals surface area contributed by atoms with E-state index in [9.17, 15) is 9.59 Å². The van der Waals surface area contributed by atoms with Gasteiger partial charge in [-0.15, -0.1) is 0 Å². The van der Waals surface area contributed by atoms with Crippen molar-refractivity contribution in [1.82, 2.24) is 9.97 Å². The first kappa shape index (κ1) is 13.0. The number of nitrogens with zero attached hydrogens (tertiary/aromatic N) is 1. The van der Waals surface area contributed by atoms with Gasteiger partial charge in [-0.05, 0) is 32.0 Å². The van der Waals surface area contributed by atoms with Crippen molar-refractivity contribution in [2.24, 2.45) is 0 Å².